The van der Waals surface area contributed by atoms with Crippen molar-refractivity contribution in [3.05, 3.63) is 68.8 Å². The van der Waals surface area contributed by atoms with E-state index in [1.807, 2.05) is 68.1 Å². The SMILES string of the molecule is CCc1cc2c(C)c3nc(c(C)c4ccc(c(C)c5nc(c(C)c1n2SCC(N)C(=O)O)C=C5)n4SCC(N)C(=O)O)C=C3. The van der Waals surface area contributed by atoms with Crippen molar-refractivity contribution in [3.8, 4) is 0 Å². The maximum absolute atomic E-state index is 11.6. The lowest BCUT2D eigenvalue weighted by Gasteiger charge is -2.12. The molecule has 2 aliphatic heterocycles. The molecule has 230 valence electrons. The van der Waals surface area contributed by atoms with Crippen molar-refractivity contribution in [2.75, 3.05) is 11.5 Å². The summed E-state index contributed by atoms with van der Waals surface area (Å²) in [5.74, 6) is -1.72. The van der Waals surface area contributed by atoms with Crippen molar-refractivity contribution < 1.29 is 19.8 Å². The Balaban J connectivity index is 1.89. The van der Waals surface area contributed by atoms with Gasteiger partial charge in [-0.15, -0.1) is 0 Å². The van der Waals surface area contributed by atoms with E-state index in [2.05, 4.69) is 17.0 Å². The number of hydrogen-bond donors (Lipinski definition) is 4. The van der Waals surface area contributed by atoms with Gasteiger partial charge in [0.1, 0.15) is 12.1 Å². The minimum atomic E-state index is -1.05. The van der Waals surface area contributed by atoms with Gasteiger partial charge in [0, 0.05) is 11.5 Å². The average molecular weight is 633 g/mol. The third-order valence-corrected chi connectivity index (χ3v) is 10.3. The van der Waals surface area contributed by atoms with Crippen LogP contribution in [-0.2, 0) is 16.0 Å². The van der Waals surface area contributed by atoms with Gasteiger partial charge in [-0.1, -0.05) is 6.92 Å². The normalized spacial score (nSPS) is 13.8. The van der Waals surface area contributed by atoms with E-state index in [0.29, 0.717) is 0 Å². The summed E-state index contributed by atoms with van der Waals surface area (Å²) in [4.78, 5) is 33.2. The van der Waals surface area contributed by atoms with E-state index in [0.717, 1.165) is 79.1 Å². The summed E-state index contributed by atoms with van der Waals surface area (Å²) in [6, 6.07) is 4.16. The topological polar surface area (TPSA) is 162 Å². The molecule has 3 aromatic heterocycles. The second kappa shape index (κ2) is 12.6. The summed E-state index contributed by atoms with van der Waals surface area (Å²) in [6.45, 7) is 10.2. The molecule has 6 N–H and O–H groups in total. The highest BCUT2D eigenvalue weighted by atomic mass is 32.2. The number of carboxylic acid groups (broad SMARTS) is 2. The zero-order chi connectivity index (χ0) is 31.9. The Labute approximate surface area is 264 Å². The molecule has 5 heterocycles. The Morgan fingerprint density at radius 2 is 1.14 bits per heavy atom. The molecule has 0 saturated heterocycles. The fourth-order valence-corrected chi connectivity index (χ4v) is 7.53. The average Bonchev–Trinajstić information content (AvgIpc) is 3.81. The van der Waals surface area contributed by atoms with E-state index in [1.165, 1.54) is 23.9 Å². The standard InChI is InChI=1S/C32H36N6O4S2/c1-6-20-13-29-18(4)25-8-7-23(35-25)16(2)27-11-12-28(37(27)43-14-21(33)31(39)40)17(3)24-9-10-26(36-24)19(5)30(20)38(29)44-15-22(34)32(41)42/h7-13,21-22H,6,14-15,33-34H2,1-5H3,(H,39,40)(H,41,42). The van der Waals surface area contributed by atoms with Gasteiger partial charge < -0.3 is 21.7 Å². The Morgan fingerprint density at radius 3 is 1.57 bits per heavy atom. The molecule has 2 unspecified atom stereocenters. The van der Waals surface area contributed by atoms with Crippen LogP contribution < -0.4 is 11.5 Å². The molecular formula is C32H36N6O4S2. The number of nitrogens with two attached hydrogens (primary N) is 2. The summed E-state index contributed by atoms with van der Waals surface area (Å²) in [5, 5.41) is 18.9. The van der Waals surface area contributed by atoms with Crippen LogP contribution in [0, 0.1) is 27.7 Å². The molecule has 0 radical (unpaired) electrons. The first-order valence-corrected chi connectivity index (χ1v) is 16.2. The lowest BCUT2D eigenvalue weighted by molar-refractivity contribution is -0.138. The molecule has 12 heteroatoms. The van der Waals surface area contributed by atoms with Crippen molar-refractivity contribution in [1.29, 1.82) is 0 Å². The van der Waals surface area contributed by atoms with Gasteiger partial charge in [-0.05, 0) is 128 Å². The Kier molecular flexibility index (Phi) is 9.07. The molecule has 2 atom stereocenters. The smallest absolute Gasteiger partial charge is 0.321 e. The van der Waals surface area contributed by atoms with E-state index in [9.17, 15) is 19.8 Å². The number of nitrogens with zero attached hydrogens (tertiary/aromatic N) is 4. The highest BCUT2D eigenvalue weighted by Crippen LogP contribution is 2.34. The third kappa shape index (κ3) is 5.82. The maximum atomic E-state index is 11.6. The van der Waals surface area contributed by atoms with Crippen LogP contribution in [0.4, 0.5) is 0 Å². The van der Waals surface area contributed by atoms with E-state index in [-0.39, 0.29) is 11.5 Å². The number of aryl methyl sites for hydroxylation is 5. The first kappa shape index (κ1) is 31.6. The van der Waals surface area contributed by atoms with Crippen LogP contribution >= 0.6 is 23.9 Å². The predicted molar refractivity (Wildman–Crippen MR) is 181 cm³/mol. The quantitative estimate of drug-likeness (QED) is 0.170. The molecule has 0 amide bonds. The number of rotatable bonds is 9. The highest BCUT2D eigenvalue weighted by Gasteiger charge is 2.20. The molecule has 0 aromatic carbocycles. The van der Waals surface area contributed by atoms with Gasteiger partial charge >= 0.3 is 11.9 Å². The molecule has 44 heavy (non-hydrogen) atoms. The van der Waals surface area contributed by atoms with Gasteiger partial charge in [0.15, 0.2) is 0 Å². The highest BCUT2D eigenvalue weighted by molar-refractivity contribution is 7.98. The van der Waals surface area contributed by atoms with E-state index >= 15 is 0 Å². The molecule has 3 aromatic rings. The maximum Gasteiger partial charge on any atom is 0.321 e. The summed E-state index contributed by atoms with van der Waals surface area (Å²) < 4.78 is 4.12. The molecule has 8 bridgehead atoms. The van der Waals surface area contributed by atoms with Crippen molar-refractivity contribution in [3.63, 3.8) is 0 Å². The zero-order valence-electron chi connectivity index (χ0n) is 25.3. The summed E-state index contributed by atoms with van der Waals surface area (Å²) in [6.07, 6.45) is 8.72. The molecule has 2 aliphatic rings. The second-order valence-corrected chi connectivity index (χ2v) is 12.8. The van der Waals surface area contributed by atoms with Gasteiger partial charge in [0.2, 0.25) is 0 Å². The summed E-state index contributed by atoms with van der Waals surface area (Å²) in [5.41, 5.74) is 23.6. The minimum Gasteiger partial charge on any atom is -0.480 e. The lowest BCUT2D eigenvalue weighted by Crippen LogP contribution is -2.32. The molecule has 0 aliphatic carbocycles. The third-order valence-electron chi connectivity index (χ3n) is 7.98. The molecule has 5 rings (SSSR count). The summed E-state index contributed by atoms with van der Waals surface area (Å²) in [7, 11) is 0. The van der Waals surface area contributed by atoms with Crippen LogP contribution in [0.1, 0.15) is 57.5 Å². The van der Waals surface area contributed by atoms with Crippen LogP contribution in [0.3, 0.4) is 0 Å². The van der Waals surface area contributed by atoms with Crippen molar-refractivity contribution >= 4 is 82.2 Å². The fourth-order valence-electron chi connectivity index (χ4n) is 5.24. The number of carbonyl (C=O) groups is 2. The molecule has 10 nitrogen and oxygen atoms in total. The molecule has 0 spiro atoms. The minimum absolute atomic E-state index is 0.185. The number of carboxylic acids is 2. The monoisotopic (exact) mass is 632 g/mol. The largest absolute Gasteiger partial charge is 0.480 e. The van der Waals surface area contributed by atoms with Crippen LogP contribution in [0.25, 0.3) is 46.4 Å². The van der Waals surface area contributed by atoms with Gasteiger partial charge in [-0.3, -0.25) is 17.5 Å². The Hall–Kier alpha value is -3.84. The van der Waals surface area contributed by atoms with E-state index in [4.69, 9.17) is 21.4 Å². The zero-order valence-corrected chi connectivity index (χ0v) is 26.9. The van der Waals surface area contributed by atoms with Crippen molar-refractivity contribution in [2.45, 2.75) is 53.1 Å². The molecule has 0 fully saturated rings. The lowest BCUT2D eigenvalue weighted by atomic mass is 10.1. The number of hydrogen-bond acceptors (Lipinski definition) is 8. The van der Waals surface area contributed by atoms with E-state index in [1.54, 1.807) is 0 Å². The van der Waals surface area contributed by atoms with Crippen LogP contribution in [0.15, 0.2) is 18.2 Å². The molecular weight excluding hydrogens is 597 g/mol. The second-order valence-electron chi connectivity index (χ2n) is 10.9. The number of aliphatic carboxylic acids is 2. The Morgan fingerprint density at radius 1 is 0.727 bits per heavy atom. The fraction of sp³-hybridized carbons (Fsp3) is 0.312. The molecule has 0 saturated carbocycles. The van der Waals surface area contributed by atoms with Gasteiger partial charge in [-0.25, -0.2) is 9.97 Å². The van der Waals surface area contributed by atoms with Crippen molar-refractivity contribution in [1.82, 2.24) is 17.9 Å². The van der Waals surface area contributed by atoms with Gasteiger partial charge in [0.25, 0.3) is 0 Å². The summed E-state index contributed by atoms with van der Waals surface area (Å²) >= 11 is 2.73. The Bertz CT molecular complexity index is 1910. The first-order valence-electron chi connectivity index (χ1n) is 14.3. The predicted octanol–water partition coefficient (Wildman–Crippen LogP) is 5.21. The van der Waals surface area contributed by atoms with Gasteiger partial charge in [0.05, 0.1) is 44.8 Å². The first-order chi connectivity index (χ1) is 20.9. The number of fused-ring (bicyclic) bond motifs is 8. The van der Waals surface area contributed by atoms with Crippen LogP contribution in [0.5, 0.6) is 0 Å². The van der Waals surface area contributed by atoms with Crippen LogP contribution in [0.2, 0.25) is 0 Å². The van der Waals surface area contributed by atoms with Gasteiger partial charge in [-0.2, -0.15) is 0 Å². The van der Waals surface area contributed by atoms with Crippen LogP contribution in [-0.4, -0.2) is 63.7 Å². The number of aromatic nitrogens is 4. The van der Waals surface area contributed by atoms with Crippen molar-refractivity contribution in [2.24, 2.45) is 11.5 Å². The van der Waals surface area contributed by atoms with E-state index < -0.39 is 24.0 Å².